The molecule has 1 aromatic carbocycles. The fraction of sp³-hybridized carbons (Fsp3) is 0.625. The molecule has 3 saturated heterocycles. The number of hydrogen-bond donors (Lipinski definition) is 2. The predicted molar refractivity (Wildman–Crippen MR) is 166 cm³/mol. The second kappa shape index (κ2) is 14.2. The maximum Gasteiger partial charge on any atom is 0.387 e. The van der Waals surface area contributed by atoms with E-state index in [0.717, 1.165) is 12.1 Å². The highest BCUT2D eigenvalue weighted by Gasteiger charge is 2.49. The fourth-order valence-corrected chi connectivity index (χ4v) is 7.09. The highest BCUT2D eigenvalue weighted by molar-refractivity contribution is 6.30. The van der Waals surface area contributed by atoms with Gasteiger partial charge in [0, 0.05) is 75.3 Å². The summed E-state index contributed by atoms with van der Waals surface area (Å²) in [5.41, 5.74) is -1.29. The number of amides is 2. The second-order valence-electron chi connectivity index (χ2n) is 13.0. The van der Waals surface area contributed by atoms with E-state index in [1.807, 2.05) is 19.9 Å². The summed E-state index contributed by atoms with van der Waals surface area (Å²) in [6.45, 7) is 4.02. The van der Waals surface area contributed by atoms with Crippen LogP contribution < -0.4 is 10.1 Å². The van der Waals surface area contributed by atoms with Crippen molar-refractivity contribution < 1.29 is 37.7 Å². The number of ether oxygens (including phenoxy) is 2. The average Bonchev–Trinajstić information content (AvgIpc) is 3.72. The number of aromatic nitrogens is 2. The minimum Gasteiger partial charge on any atom is -0.481 e. The molecule has 0 unspecified atom stereocenters. The number of nitrogens with zero attached hydrogens (tertiary/aromatic N) is 4. The van der Waals surface area contributed by atoms with E-state index >= 15 is 0 Å². The first kappa shape index (κ1) is 34.1. The first-order valence-corrected chi connectivity index (χ1v) is 16.2. The number of aliphatic carboxylic acids is 1. The fourth-order valence-electron chi connectivity index (χ4n) is 6.93. The number of hydrogen-bond acceptors (Lipinski definition) is 7. The first-order valence-electron chi connectivity index (χ1n) is 15.8. The van der Waals surface area contributed by atoms with E-state index in [2.05, 4.69) is 20.1 Å². The molecule has 46 heavy (non-hydrogen) atoms. The van der Waals surface area contributed by atoms with Crippen molar-refractivity contribution in [2.24, 2.45) is 11.3 Å². The van der Waals surface area contributed by atoms with Gasteiger partial charge in [-0.2, -0.15) is 13.9 Å². The summed E-state index contributed by atoms with van der Waals surface area (Å²) in [7, 11) is 0. The Bertz CT molecular complexity index is 1400. The van der Waals surface area contributed by atoms with Gasteiger partial charge in [-0.3, -0.25) is 19.1 Å². The van der Waals surface area contributed by atoms with Crippen LogP contribution in [0.5, 0.6) is 5.75 Å². The molecule has 1 atom stereocenters. The summed E-state index contributed by atoms with van der Waals surface area (Å²) in [4.78, 5) is 43.6. The van der Waals surface area contributed by atoms with Crippen LogP contribution in [0.4, 0.5) is 14.5 Å². The number of carboxylic acids is 1. The zero-order chi connectivity index (χ0) is 33.1. The number of likely N-dealkylation sites (tertiary alicyclic amines) is 2. The maximum atomic E-state index is 14.2. The molecule has 0 saturated carbocycles. The Hall–Kier alpha value is -3.29. The van der Waals surface area contributed by atoms with Gasteiger partial charge >= 0.3 is 12.6 Å². The minimum absolute atomic E-state index is 0.0443. The van der Waals surface area contributed by atoms with Gasteiger partial charge in [-0.25, -0.2) is 0 Å². The minimum atomic E-state index is -3.11. The van der Waals surface area contributed by atoms with E-state index in [0.29, 0.717) is 71.5 Å². The lowest BCUT2D eigenvalue weighted by Crippen LogP contribution is -2.57. The van der Waals surface area contributed by atoms with Crippen LogP contribution in [-0.2, 0) is 24.7 Å². The molecule has 5 rings (SSSR count). The molecule has 11 nitrogen and oxygen atoms in total. The lowest BCUT2D eigenvalue weighted by molar-refractivity contribution is -0.156. The van der Waals surface area contributed by atoms with Crippen LogP contribution in [0.25, 0.3) is 0 Å². The number of halogens is 3. The SMILES string of the molecule is CC(C)c1ccnn1C1(C(=O)Nc2ccc(Cl)cc2OC(F)F)CCN(CC2(C(=O)O)CCN(C(=O)C[C@@H]3CCOC3)CC2)CC1. The highest BCUT2D eigenvalue weighted by atomic mass is 35.5. The molecule has 0 bridgehead atoms. The third-order valence-corrected chi connectivity index (χ3v) is 9.96. The van der Waals surface area contributed by atoms with E-state index in [-0.39, 0.29) is 40.7 Å². The monoisotopic (exact) mass is 665 g/mol. The van der Waals surface area contributed by atoms with E-state index in [4.69, 9.17) is 16.3 Å². The Kier molecular flexibility index (Phi) is 10.5. The van der Waals surface area contributed by atoms with Crippen LogP contribution in [0, 0.1) is 11.3 Å². The van der Waals surface area contributed by atoms with E-state index in [1.54, 1.807) is 15.8 Å². The molecule has 252 valence electrons. The number of carbonyl (C=O) groups is 3. The van der Waals surface area contributed by atoms with Gasteiger partial charge in [-0.1, -0.05) is 25.4 Å². The molecule has 3 aliphatic rings. The predicted octanol–water partition coefficient (Wildman–Crippen LogP) is 4.81. The quantitative estimate of drug-likeness (QED) is 0.350. The number of alkyl halides is 2. The van der Waals surface area contributed by atoms with Crippen molar-refractivity contribution in [3.63, 3.8) is 0 Å². The van der Waals surface area contributed by atoms with Crippen molar-refractivity contribution >= 4 is 35.1 Å². The molecule has 0 radical (unpaired) electrons. The van der Waals surface area contributed by atoms with Crippen LogP contribution in [0.15, 0.2) is 30.5 Å². The molecule has 2 aromatic rings. The number of benzene rings is 1. The number of piperidine rings is 2. The third kappa shape index (κ3) is 7.31. The molecule has 0 spiro atoms. The summed E-state index contributed by atoms with van der Waals surface area (Å²) in [6.07, 6.45) is 4.24. The smallest absolute Gasteiger partial charge is 0.387 e. The third-order valence-electron chi connectivity index (χ3n) is 9.72. The molecule has 2 amide bonds. The second-order valence-corrected chi connectivity index (χ2v) is 13.4. The number of carboxylic acid groups (broad SMARTS) is 1. The summed E-state index contributed by atoms with van der Waals surface area (Å²) in [6, 6.07) is 5.97. The van der Waals surface area contributed by atoms with Crippen molar-refractivity contribution in [1.29, 1.82) is 0 Å². The Balaban J connectivity index is 1.31. The Morgan fingerprint density at radius 2 is 1.85 bits per heavy atom. The molecule has 1 aromatic heterocycles. The molecule has 0 aliphatic carbocycles. The lowest BCUT2D eigenvalue weighted by Gasteiger charge is -2.46. The van der Waals surface area contributed by atoms with Gasteiger partial charge in [-0.15, -0.1) is 0 Å². The van der Waals surface area contributed by atoms with Crippen LogP contribution >= 0.6 is 11.6 Å². The number of nitrogens with one attached hydrogen (secondary N) is 1. The van der Waals surface area contributed by atoms with E-state index in [9.17, 15) is 28.3 Å². The van der Waals surface area contributed by atoms with Crippen LogP contribution in [0.1, 0.15) is 64.0 Å². The van der Waals surface area contributed by atoms with Gasteiger partial charge in [0.1, 0.15) is 5.54 Å². The van der Waals surface area contributed by atoms with Crippen LogP contribution in [0.3, 0.4) is 0 Å². The summed E-state index contributed by atoms with van der Waals surface area (Å²) in [5.74, 6) is -1.26. The Labute approximate surface area is 272 Å². The largest absolute Gasteiger partial charge is 0.481 e. The van der Waals surface area contributed by atoms with Crippen LogP contribution in [-0.4, -0.2) is 95.0 Å². The number of carbonyl (C=O) groups excluding carboxylic acids is 2. The molecular weight excluding hydrogens is 624 g/mol. The van der Waals surface area contributed by atoms with Crippen molar-refractivity contribution in [2.45, 2.75) is 70.4 Å². The topological polar surface area (TPSA) is 126 Å². The van der Waals surface area contributed by atoms with Gasteiger partial charge in [-0.05, 0) is 62.1 Å². The van der Waals surface area contributed by atoms with Crippen molar-refractivity contribution in [3.05, 3.63) is 41.2 Å². The molecule has 3 aliphatic heterocycles. The molecule has 2 N–H and O–H groups in total. The Morgan fingerprint density at radius 1 is 1.13 bits per heavy atom. The number of rotatable bonds is 11. The van der Waals surface area contributed by atoms with Gasteiger partial charge < -0.3 is 29.7 Å². The molecule has 3 fully saturated rings. The van der Waals surface area contributed by atoms with Crippen molar-refractivity contribution in [3.8, 4) is 5.75 Å². The first-order chi connectivity index (χ1) is 21.9. The molecular formula is C32H42ClF2N5O6. The van der Waals surface area contributed by atoms with Crippen molar-refractivity contribution in [2.75, 3.05) is 51.3 Å². The zero-order valence-electron chi connectivity index (χ0n) is 26.2. The standard InChI is InChI=1S/C32H42ClF2N5O6/c1-21(2)25-5-11-36-40(25)32(28(42)37-24-4-3-23(33)18-26(24)46-30(34)35)9-12-38(13-10-32)20-31(29(43)44)7-14-39(15-8-31)27(41)17-22-6-16-45-19-22/h3-5,11,18,21-22,30H,6-10,12-17,19-20H2,1-2H3,(H,37,42)(H,43,44)/t22-/m0/s1. The molecule has 4 heterocycles. The van der Waals surface area contributed by atoms with Gasteiger partial charge in [0.15, 0.2) is 5.75 Å². The zero-order valence-corrected chi connectivity index (χ0v) is 27.0. The molecule has 14 heteroatoms. The van der Waals surface area contributed by atoms with E-state index in [1.165, 1.54) is 18.2 Å². The summed E-state index contributed by atoms with van der Waals surface area (Å²) < 4.78 is 38.1. The normalized spacial score (nSPS) is 21.5. The van der Waals surface area contributed by atoms with Gasteiger partial charge in [0.2, 0.25) is 5.91 Å². The van der Waals surface area contributed by atoms with Gasteiger partial charge in [0.05, 0.1) is 11.1 Å². The highest BCUT2D eigenvalue weighted by Crippen LogP contribution is 2.39. The van der Waals surface area contributed by atoms with Gasteiger partial charge in [0.25, 0.3) is 5.91 Å². The summed E-state index contributed by atoms with van der Waals surface area (Å²) in [5, 5.41) is 17.9. The number of anilines is 1. The van der Waals surface area contributed by atoms with Crippen molar-refractivity contribution in [1.82, 2.24) is 19.6 Å². The average molecular weight is 666 g/mol. The van der Waals surface area contributed by atoms with E-state index < -0.39 is 29.4 Å². The Morgan fingerprint density at radius 3 is 2.46 bits per heavy atom. The van der Waals surface area contributed by atoms with Crippen LogP contribution in [0.2, 0.25) is 5.02 Å². The summed E-state index contributed by atoms with van der Waals surface area (Å²) >= 11 is 6.01. The lowest BCUT2D eigenvalue weighted by atomic mass is 9.76. The maximum absolute atomic E-state index is 14.2.